The summed E-state index contributed by atoms with van der Waals surface area (Å²) in [5.74, 6) is -0.143. The molecule has 0 saturated heterocycles. The van der Waals surface area contributed by atoms with E-state index in [2.05, 4.69) is 35.5 Å². The van der Waals surface area contributed by atoms with Crippen LogP contribution in [0.25, 0.3) is 0 Å². The summed E-state index contributed by atoms with van der Waals surface area (Å²) in [6.45, 7) is 2.43. The molecule has 0 radical (unpaired) electrons. The van der Waals surface area contributed by atoms with Crippen LogP contribution in [0.15, 0.2) is 42.5 Å². The van der Waals surface area contributed by atoms with E-state index < -0.39 is 0 Å². The zero-order valence-electron chi connectivity index (χ0n) is 11.7. The fraction of sp³-hybridized carbons (Fsp3) is 0.294. The first-order chi connectivity index (χ1) is 9.74. The van der Waals surface area contributed by atoms with Crippen molar-refractivity contribution in [2.75, 3.05) is 18.5 Å². The van der Waals surface area contributed by atoms with E-state index in [1.165, 1.54) is 22.9 Å². The predicted molar refractivity (Wildman–Crippen MR) is 80.4 cm³/mol. The number of anilines is 1. The van der Waals surface area contributed by atoms with Gasteiger partial charge in [-0.2, -0.15) is 0 Å². The van der Waals surface area contributed by atoms with Gasteiger partial charge in [-0.05, 0) is 29.7 Å². The summed E-state index contributed by atoms with van der Waals surface area (Å²) in [5.41, 5.74) is 4.73. The monoisotopic (exact) mass is 270 g/mol. The number of fused-ring (bicyclic) bond motifs is 1. The van der Waals surface area contributed by atoms with Gasteiger partial charge in [-0.3, -0.25) is 0 Å². The number of likely N-dealkylation sites (N-methyl/N-ethyl adjacent to an activating group) is 1. The molecule has 0 saturated carbocycles. The standard InChI is InChI=1S/C17H19FN2/c1-20-9-8-14-10-13(6-7-17(14)20)11-19-12-15-4-2-3-5-16(15)18/h2-7,10,19H,8-9,11-12H2,1H3. The molecule has 0 fully saturated rings. The summed E-state index contributed by atoms with van der Waals surface area (Å²) in [4.78, 5) is 2.28. The SMILES string of the molecule is CN1CCc2cc(CNCc3ccccc3F)ccc21. The lowest BCUT2D eigenvalue weighted by molar-refractivity contribution is 0.588. The molecule has 0 spiro atoms. The van der Waals surface area contributed by atoms with Crippen molar-refractivity contribution in [1.29, 1.82) is 0 Å². The molecule has 0 aromatic heterocycles. The molecule has 3 rings (SSSR count). The highest BCUT2D eigenvalue weighted by molar-refractivity contribution is 5.58. The van der Waals surface area contributed by atoms with Crippen molar-refractivity contribution in [3.8, 4) is 0 Å². The van der Waals surface area contributed by atoms with Crippen molar-refractivity contribution in [2.24, 2.45) is 0 Å². The van der Waals surface area contributed by atoms with Gasteiger partial charge in [0, 0.05) is 37.9 Å². The molecule has 1 aliphatic heterocycles. The van der Waals surface area contributed by atoms with Crippen LogP contribution < -0.4 is 10.2 Å². The van der Waals surface area contributed by atoms with Gasteiger partial charge in [0.05, 0.1) is 0 Å². The molecule has 0 bridgehead atoms. The van der Waals surface area contributed by atoms with Gasteiger partial charge < -0.3 is 10.2 Å². The average molecular weight is 270 g/mol. The second-order valence-corrected chi connectivity index (χ2v) is 5.33. The maximum absolute atomic E-state index is 13.5. The maximum atomic E-state index is 13.5. The van der Waals surface area contributed by atoms with Crippen molar-refractivity contribution in [1.82, 2.24) is 5.32 Å². The first kappa shape index (κ1) is 13.1. The largest absolute Gasteiger partial charge is 0.374 e. The summed E-state index contributed by atoms with van der Waals surface area (Å²) in [7, 11) is 2.13. The van der Waals surface area contributed by atoms with Crippen LogP contribution in [0.2, 0.25) is 0 Å². The van der Waals surface area contributed by atoms with Crippen LogP contribution in [0.3, 0.4) is 0 Å². The molecule has 0 amide bonds. The minimum atomic E-state index is -0.143. The molecule has 2 aromatic rings. The van der Waals surface area contributed by atoms with E-state index in [4.69, 9.17) is 0 Å². The number of benzene rings is 2. The van der Waals surface area contributed by atoms with Crippen LogP contribution >= 0.6 is 0 Å². The van der Waals surface area contributed by atoms with Gasteiger partial charge in [-0.25, -0.2) is 4.39 Å². The van der Waals surface area contributed by atoms with Crippen LogP contribution in [-0.4, -0.2) is 13.6 Å². The van der Waals surface area contributed by atoms with Gasteiger partial charge in [-0.1, -0.05) is 30.3 Å². The van der Waals surface area contributed by atoms with Gasteiger partial charge in [-0.15, -0.1) is 0 Å². The molecule has 1 aliphatic rings. The zero-order chi connectivity index (χ0) is 13.9. The molecule has 0 unspecified atom stereocenters. The van der Waals surface area contributed by atoms with Crippen molar-refractivity contribution < 1.29 is 4.39 Å². The topological polar surface area (TPSA) is 15.3 Å². The maximum Gasteiger partial charge on any atom is 0.127 e. The number of rotatable bonds is 4. The van der Waals surface area contributed by atoms with E-state index >= 15 is 0 Å². The molecule has 0 aliphatic carbocycles. The van der Waals surface area contributed by atoms with Crippen LogP contribution in [0.4, 0.5) is 10.1 Å². The minimum absolute atomic E-state index is 0.143. The Labute approximate surface area is 119 Å². The number of halogens is 1. The fourth-order valence-corrected chi connectivity index (χ4v) is 2.71. The van der Waals surface area contributed by atoms with E-state index in [0.29, 0.717) is 12.1 Å². The van der Waals surface area contributed by atoms with Crippen molar-refractivity contribution in [2.45, 2.75) is 19.5 Å². The van der Waals surface area contributed by atoms with E-state index in [1.54, 1.807) is 6.07 Å². The Morgan fingerprint density at radius 3 is 2.85 bits per heavy atom. The first-order valence-electron chi connectivity index (χ1n) is 7.01. The Morgan fingerprint density at radius 1 is 1.15 bits per heavy atom. The Kier molecular flexibility index (Phi) is 3.70. The van der Waals surface area contributed by atoms with Crippen molar-refractivity contribution >= 4 is 5.69 Å². The highest BCUT2D eigenvalue weighted by Gasteiger charge is 2.15. The molecular formula is C17H19FN2. The average Bonchev–Trinajstić information content (AvgIpc) is 2.82. The van der Waals surface area contributed by atoms with Gasteiger partial charge in [0.25, 0.3) is 0 Å². The summed E-state index contributed by atoms with van der Waals surface area (Å²) in [5, 5.41) is 3.31. The van der Waals surface area contributed by atoms with E-state index in [-0.39, 0.29) is 5.82 Å². The van der Waals surface area contributed by atoms with Crippen LogP contribution in [-0.2, 0) is 19.5 Å². The predicted octanol–water partition coefficient (Wildman–Crippen LogP) is 3.11. The molecule has 1 heterocycles. The van der Waals surface area contributed by atoms with E-state index in [1.807, 2.05) is 12.1 Å². The molecule has 1 N–H and O–H groups in total. The third-order valence-electron chi connectivity index (χ3n) is 3.87. The van der Waals surface area contributed by atoms with Crippen molar-refractivity contribution in [3.63, 3.8) is 0 Å². The van der Waals surface area contributed by atoms with Crippen LogP contribution in [0.1, 0.15) is 16.7 Å². The number of nitrogens with zero attached hydrogens (tertiary/aromatic N) is 1. The second-order valence-electron chi connectivity index (χ2n) is 5.33. The molecule has 104 valence electrons. The minimum Gasteiger partial charge on any atom is -0.374 e. The molecule has 20 heavy (non-hydrogen) atoms. The third kappa shape index (κ3) is 2.68. The third-order valence-corrected chi connectivity index (χ3v) is 3.87. The molecular weight excluding hydrogens is 251 g/mol. The number of nitrogens with one attached hydrogen (secondary N) is 1. The summed E-state index contributed by atoms with van der Waals surface area (Å²) in [6, 6.07) is 13.5. The van der Waals surface area contributed by atoms with Gasteiger partial charge in [0.1, 0.15) is 5.82 Å². The van der Waals surface area contributed by atoms with Gasteiger partial charge in [0.2, 0.25) is 0 Å². The normalized spacial score (nSPS) is 13.6. The first-order valence-corrected chi connectivity index (χ1v) is 7.01. The lowest BCUT2D eigenvalue weighted by Gasteiger charge is -2.12. The summed E-state index contributed by atoms with van der Waals surface area (Å²) < 4.78 is 13.5. The quantitative estimate of drug-likeness (QED) is 0.918. The number of hydrogen-bond acceptors (Lipinski definition) is 2. The Hall–Kier alpha value is -1.87. The highest BCUT2D eigenvalue weighted by Crippen LogP contribution is 2.27. The van der Waals surface area contributed by atoms with E-state index in [0.717, 1.165) is 19.5 Å². The summed E-state index contributed by atoms with van der Waals surface area (Å²) in [6.07, 6.45) is 1.12. The highest BCUT2D eigenvalue weighted by atomic mass is 19.1. The van der Waals surface area contributed by atoms with Crippen molar-refractivity contribution in [3.05, 3.63) is 65.0 Å². The number of hydrogen-bond donors (Lipinski definition) is 1. The lowest BCUT2D eigenvalue weighted by atomic mass is 10.1. The molecule has 2 nitrogen and oxygen atoms in total. The van der Waals surface area contributed by atoms with Gasteiger partial charge in [0.15, 0.2) is 0 Å². The Balaban J connectivity index is 1.61. The molecule has 2 aromatic carbocycles. The Morgan fingerprint density at radius 2 is 2.00 bits per heavy atom. The lowest BCUT2D eigenvalue weighted by Crippen LogP contribution is -2.14. The van der Waals surface area contributed by atoms with Crippen LogP contribution in [0.5, 0.6) is 0 Å². The zero-order valence-corrected chi connectivity index (χ0v) is 11.7. The van der Waals surface area contributed by atoms with Gasteiger partial charge >= 0.3 is 0 Å². The fourth-order valence-electron chi connectivity index (χ4n) is 2.71. The Bertz CT molecular complexity index is 610. The van der Waals surface area contributed by atoms with Crippen LogP contribution in [0, 0.1) is 5.82 Å². The second kappa shape index (κ2) is 5.63. The smallest absolute Gasteiger partial charge is 0.127 e. The molecule has 0 atom stereocenters. The molecule has 3 heteroatoms. The van der Waals surface area contributed by atoms with E-state index in [9.17, 15) is 4.39 Å². The summed E-state index contributed by atoms with van der Waals surface area (Å²) >= 11 is 0.